The lowest BCUT2D eigenvalue weighted by molar-refractivity contribution is 0.313. The van der Waals surface area contributed by atoms with Crippen LogP contribution in [-0.2, 0) is 0 Å². The Morgan fingerprint density at radius 2 is 2.29 bits per heavy atom. The molecule has 0 aromatic heterocycles. The smallest absolute Gasteiger partial charge is 0.125 e. The van der Waals surface area contributed by atoms with E-state index >= 15 is 0 Å². The molecule has 2 aliphatic rings. The highest BCUT2D eigenvalue weighted by molar-refractivity contribution is 9.10. The highest BCUT2D eigenvalue weighted by Crippen LogP contribution is 2.34. The van der Waals surface area contributed by atoms with Crippen LogP contribution in [0.2, 0.25) is 0 Å². The maximum Gasteiger partial charge on any atom is 0.125 e. The van der Waals surface area contributed by atoms with Crippen LogP contribution in [0.25, 0.3) is 0 Å². The van der Waals surface area contributed by atoms with Crippen molar-refractivity contribution in [1.29, 1.82) is 0 Å². The second-order valence-corrected chi connectivity index (χ2v) is 7.10. The summed E-state index contributed by atoms with van der Waals surface area (Å²) >= 11 is 3.54. The van der Waals surface area contributed by atoms with Gasteiger partial charge in [0.05, 0.1) is 6.61 Å². The zero-order valence-corrected chi connectivity index (χ0v) is 14.4. The van der Waals surface area contributed by atoms with Crippen molar-refractivity contribution in [3.8, 4) is 5.75 Å². The molecule has 2 aliphatic heterocycles. The lowest BCUT2D eigenvalue weighted by atomic mass is 10.0. The molecule has 1 saturated heterocycles. The molecule has 2 heterocycles. The van der Waals surface area contributed by atoms with Crippen molar-refractivity contribution < 1.29 is 4.74 Å². The van der Waals surface area contributed by atoms with E-state index in [1.165, 1.54) is 38.0 Å². The molecule has 116 valence electrons. The maximum absolute atomic E-state index is 5.89. The van der Waals surface area contributed by atoms with Crippen LogP contribution in [0.4, 0.5) is 0 Å². The summed E-state index contributed by atoms with van der Waals surface area (Å²) in [7, 11) is 0. The molecule has 1 aromatic rings. The van der Waals surface area contributed by atoms with Crippen LogP contribution in [0.3, 0.4) is 0 Å². The van der Waals surface area contributed by atoms with Crippen LogP contribution >= 0.6 is 15.9 Å². The van der Waals surface area contributed by atoms with Gasteiger partial charge in [-0.1, -0.05) is 28.9 Å². The van der Waals surface area contributed by atoms with E-state index in [-0.39, 0.29) is 0 Å². The third-order valence-corrected chi connectivity index (χ3v) is 5.21. The predicted octanol–water partition coefficient (Wildman–Crippen LogP) is 3.59. The molecule has 2 unspecified atom stereocenters. The SMILES string of the molecule is CCN1CCC(CNC2CCCOc3cc(Br)ccc32)C1. The van der Waals surface area contributed by atoms with E-state index in [1.807, 2.05) is 0 Å². The molecular weight excluding hydrogens is 328 g/mol. The summed E-state index contributed by atoms with van der Waals surface area (Å²) in [6.45, 7) is 7.91. The Hall–Kier alpha value is -0.580. The summed E-state index contributed by atoms with van der Waals surface area (Å²) in [5.74, 6) is 1.84. The van der Waals surface area contributed by atoms with Crippen molar-refractivity contribution in [3.05, 3.63) is 28.2 Å². The van der Waals surface area contributed by atoms with Gasteiger partial charge in [-0.05, 0) is 56.9 Å². The lowest BCUT2D eigenvalue weighted by Crippen LogP contribution is -2.29. The van der Waals surface area contributed by atoms with Gasteiger partial charge in [0, 0.05) is 22.6 Å². The van der Waals surface area contributed by atoms with Crippen LogP contribution in [0.1, 0.15) is 37.8 Å². The Labute approximate surface area is 136 Å². The first-order chi connectivity index (χ1) is 10.3. The Kier molecular flexibility index (Phi) is 5.19. The maximum atomic E-state index is 5.89. The summed E-state index contributed by atoms with van der Waals surface area (Å²) in [5, 5.41) is 3.80. The van der Waals surface area contributed by atoms with Crippen molar-refractivity contribution in [2.75, 3.05) is 32.8 Å². The van der Waals surface area contributed by atoms with Crippen molar-refractivity contribution in [2.45, 2.75) is 32.2 Å². The molecule has 0 bridgehead atoms. The zero-order chi connectivity index (χ0) is 14.7. The standard InChI is InChI=1S/C17H25BrN2O/c1-2-20-8-7-13(12-20)11-19-16-4-3-9-21-17-10-14(18)5-6-15(16)17/h5-6,10,13,16,19H,2-4,7-9,11-12H2,1H3. The number of nitrogens with one attached hydrogen (secondary N) is 1. The van der Waals surface area contributed by atoms with Crippen molar-refractivity contribution in [1.82, 2.24) is 10.2 Å². The van der Waals surface area contributed by atoms with Gasteiger partial charge in [-0.25, -0.2) is 0 Å². The normalized spacial score (nSPS) is 26.2. The van der Waals surface area contributed by atoms with Gasteiger partial charge in [-0.15, -0.1) is 0 Å². The average molecular weight is 353 g/mol. The third-order valence-electron chi connectivity index (χ3n) is 4.72. The number of rotatable bonds is 4. The molecule has 0 saturated carbocycles. The van der Waals surface area contributed by atoms with Crippen LogP contribution in [0.15, 0.2) is 22.7 Å². The third kappa shape index (κ3) is 3.79. The topological polar surface area (TPSA) is 24.5 Å². The van der Waals surface area contributed by atoms with E-state index in [0.717, 1.165) is 35.7 Å². The minimum absolute atomic E-state index is 0.436. The van der Waals surface area contributed by atoms with Gasteiger partial charge in [-0.2, -0.15) is 0 Å². The van der Waals surface area contributed by atoms with Gasteiger partial charge in [0.25, 0.3) is 0 Å². The molecule has 0 amide bonds. The van der Waals surface area contributed by atoms with Crippen molar-refractivity contribution >= 4 is 15.9 Å². The van der Waals surface area contributed by atoms with Crippen LogP contribution < -0.4 is 10.1 Å². The van der Waals surface area contributed by atoms with Crippen LogP contribution in [0, 0.1) is 5.92 Å². The molecule has 21 heavy (non-hydrogen) atoms. The molecule has 4 heteroatoms. The Bertz CT molecular complexity index is 480. The molecule has 0 aliphatic carbocycles. The van der Waals surface area contributed by atoms with E-state index in [0.29, 0.717) is 6.04 Å². The fourth-order valence-corrected chi connectivity index (χ4v) is 3.77. The monoisotopic (exact) mass is 352 g/mol. The second-order valence-electron chi connectivity index (χ2n) is 6.18. The van der Waals surface area contributed by atoms with Crippen molar-refractivity contribution in [2.24, 2.45) is 5.92 Å². The quantitative estimate of drug-likeness (QED) is 0.895. The van der Waals surface area contributed by atoms with Crippen LogP contribution in [0.5, 0.6) is 5.75 Å². The summed E-state index contributed by atoms with van der Waals surface area (Å²) in [6, 6.07) is 6.86. The van der Waals surface area contributed by atoms with Gasteiger partial charge in [0.15, 0.2) is 0 Å². The van der Waals surface area contributed by atoms with Crippen molar-refractivity contribution in [3.63, 3.8) is 0 Å². The predicted molar refractivity (Wildman–Crippen MR) is 89.8 cm³/mol. The number of hydrogen-bond donors (Lipinski definition) is 1. The Morgan fingerprint density at radius 3 is 3.10 bits per heavy atom. The number of fused-ring (bicyclic) bond motifs is 1. The van der Waals surface area contributed by atoms with E-state index < -0.39 is 0 Å². The number of hydrogen-bond acceptors (Lipinski definition) is 3. The van der Waals surface area contributed by atoms with Crippen LogP contribution in [-0.4, -0.2) is 37.7 Å². The number of benzene rings is 1. The zero-order valence-electron chi connectivity index (χ0n) is 12.8. The summed E-state index contributed by atoms with van der Waals surface area (Å²) in [5.41, 5.74) is 1.32. The largest absolute Gasteiger partial charge is 0.493 e. The summed E-state index contributed by atoms with van der Waals surface area (Å²) in [6.07, 6.45) is 3.62. The highest BCUT2D eigenvalue weighted by Gasteiger charge is 2.24. The fourth-order valence-electron chi connectivity index (χ4n) is 3.43. The Morgan fingerprint density at radius 1 is 1.38 bits per heavy atom. The van der Waals surface area contributed by atoms with E-state index in [9.17, 15) is 0 Å². The van der Waals surface area contributed by atoms with Gasteiger partial charge in [0.1, 0.15) is 5.75 Å². The molecule has 0 spiro atoms. The minimum Gasteiger partial charge on any atom is -0.493 e. The number of ether oxygens (including phenoxy) is 1. The lowest BCUT2D eigenvalue weighted by Gasteiger charge is -2.21. The fraction of sp³-hybridized carbons (Fsp3) is 0.647. The molecule has 2 atom stereocenters. The molecular formula is C17H25BrN2O. The van der Waals surface area contributed by atoms with Gasteiger partial charge >= 0.3 is 0 Å². The van der Waals surface area contributed by atoms with E-state index in [4.69, 9.17) is 4.74 Å². The Balaban J connectivity index is 1.63. The summed E-state index contributed by atoms with van der Waals surface area (Å²) < 4.78 is 6.98. The number of halogens is 1. The highest BCUT2D eigenvalue weighted by atomic mass is 79.9. The first-order valence-corrected chi connectivity index (χ1v) is 8.93. The molecule has 1 fully saturated rings. The summed E-state index contributed by atoms with van der Waals surface area (Å²) in [4.78, 5) is 2.55. The second kappa shape index (κ2) is 7.12. The van der Waals surface area contributed by atoms with E-state index in [2.05, 4.69) is 51.3 Å². The molecule has 1 aromatic carbocycles. The minimum atomic E-state index is 0.436. The van der Waals surface area contributed by atoms with Gasteiger partial charge in [-0.3, -0.25) is 0 Å². The van der Waals surface area contributed by atoms with E-state index in [1.54, 1.807) is 0 Å². The molecule has 1 N–H and O–H groups in total. The first kappa shape index (κ1) is 15.3. The van der Waals surface area contributed by atoms with Gasteiger partial charge in [0.2, 0.25) is 0 Å². The number of nitrogens with zero attached hydrogens (tertiary/aromatic N) is 1. The molecule has 3 rings (SSSR count). The number of likely N-dealkylation sites (tertiary alicyclic amines) is 1. The van der Waals surface area contributed by atoms with Gasteiger partial charge < -0.3 is 15.0 Å². The average Bonchev–Trinajstić information content (AvgIpc) is 2.86. The molecule has 0 radical (unpaired) electrons. The molecule has 3 nitrogen and oxygen atoms in total. The first-order valence-electron chi connectivity index (χ1n) is 8.14.